The average Bonchev–Trinajstić information content (AvgIpc) is 2.47. The highest BCUT2D eigenvalue weighted by Gasteiger charge is 2.12. The van der Waals surface area contributed by atoms with Gasteiger partial charge in [-0.15, -0.1) is 0 Å². The fourth-order valence-corrected chi connectivity index (χ4v) is 2.29. The van der Waals surface area contributed by atoms with Crippen molar-refractivity contribution >= 4 is 15.7 Å². The Morgan fingerprint density at radius 3 is 2.58 bits per heavy atom. The lowest BCUT2D eigenvalue weighted by atomic mass is 10.3. The third-order valence-corrected chi connectivity index (χ3v) is 4.27. The number of anilines is 1. The number of pyridine rings is 2. The molecule has 0 aliphatic heterocycles. The molecule has 0 radical (unpaired) electrons. The van der Waals surface area contributed by atoms with Crippen LogP contribution in [-0.2, 0) is 16.4 Å². The van der Waals surface area contributed by atoms with Gasteiger partial charge in [0.2, 0.25) is 0 Å². The largest absolute Gasteiger partial charge is 0.366 e. The Kier molecular flexibility index (Phi) is 4.11. The van der Waals surface area contributed by atoms with E-state index >= 15 is 0 Å². The molecule has 2 heterocycles. The normalized spacial score (nSPS) is 11.2. The van der Waals surface area contributed by atoms with E-state index in [2.05, 4.69) is 15.3 Å². The molecule has 1 N–H and O–H groups in total. The second-order valence-electron chi connectivity index (χ2n) is 3.98. The second-order valence-corrected chi connectivity index (χ2v) is 6.20. The number of rotatable bonds is 5. The summed E-state index contributed by atoms with van der Waals surface area (Å²) in [6.07, 6.45) is 3.27. The van der Waals surface area contributed by atoms with Gasteiger partial charge in [0.15, 0.2) is 14.9 Å². The van der Waals surface area contributed by atoms with Gasteiger partial charge in [-0.2, -0.15) is 0 Å². The van der Waals surface area contributed by atoms with Crippen LogP contribution >= 0.6 is 0 Å². The van der Waals surface area contributed by atoms with Gasteiger partial charge in [-0.3, -0.25) is 0 Å². The van der Waals surface area contributed by atoms with E-state index in [1.165, 1.54) is 6.07 Å². The summed E-state index contributed by atoms with van der Waals surface area (Å²) >= 11 is 0. The Morgan fingerprint density at radius 2 is 2.00 bits per heavy atom. The van der Waals surface area contributed by atoms with Crippen LogP contribution in [0.15, 0.2) is 47.8 Å². The molecule has 0 unspecified atom stereocenters. The summed E-state index contributed by atoms with van der Waals surface area (Å²) in [6, 6.07) is 8.89. The molecule has 6 heteroatoms. The zero-order chi connectivity index (χ0) is 13.7. The summed E-state index contributed by atoms with van der Waals surface area (Å²) < 4.78 is 23.2. The van der Waals surface area contributed by atoms with Gasteiger partial charge in [0.05, 0.1) is 5.75 Å². The molecule has 0 saturated carbocycles. The van der Waals surface area contributed by atoms with Crippen LogP contribution in [0.25, 0.3) is 0 Å². The monoisotopic (exact) mass is 277 g/mol. The molecule has 0 fully saturated rings. The van der Waals surface area contributed by atoms with Crippen LogP contribution in [0.5, 0.6) is 0 Å². The first kappa shape index (κ1) is 13.5. The van der Waals surface area contributed by atoms with E-state index in [1.54, 1.807) is 25.4 Å². The fourth-order valence-electron chi connectivity index (χ4n) is 1.51. The van der Waals surface area contributed by atoms with Crippen LogP contribution < -0.4 is 5.32 Å². The van der Waals surface area contributed by atoms with Crippen LogP contribution in [0.3, 0.4) is 0 Å². The van der Waals surface area contributed by atoms with Gasteiger partial charge in [-0.1, -0.05) is 19.1 Å². The molecule has 100 valence electrons. The predicted molar refractivity (Wildman–Crippen MR) is 73.5 cm³/mol. The Bertz CT molecular complexity index is 625. The van der Waals surface area contributed by atoms with Crippen LogP contribution in [0.4, 0.5) is 5.82 Å². The maximum absolute atomic E-state index is 11.6. The van der Waals surface area contributed by atoms with E-state index in [4.69, 9.17) is 0 Å². The minimum absolute atomic E-state index is 0.0610. The van der Waals surface area contributed by atoms with Crippen molar-refractivity contribution in [3.63, 3.8) is 0 Å². The molecule has 0 aliphatic rings. The number of sulfone groups is 1. The molecular weight excluding hydrogens is 262 g/mol. The first-order chi connectivity index (χ1) is 9.12. The fraction of sp³-hybridized carbons (Fsp3) is 0.231. The first-order valence-electron chi connectivity index (χ1n) is 5.94. The standard InChI is InChI=1S/C13H15N3O2S/c1-2-19(17,18)13-7-6-11(10-16-13)9-15-12-5-3-4-8-14-12/h3-8,10H,2,9H2,1H3,(H,14,15). The van der Waals surface area contributed by atoms with Crippen molar-refractivity contribution in [2.75, 3.05) is 11.1 Å². The third-order valence-electron chi connectivity index (χ3n) is 2.63. The van der Waals surface area contributed by atoms with Gasteiger partial charge >= 0.3 is 0 Å². The summed E-state index contributed by atoms with van der Waals surface area (Å²) in [6.45, 7) is 2.16. The van der Waals surface area contributed by atoms with E-state index in [0.29, 0.717) is 6.54 Å². The molecule has 0 atom stereocenters. The Labute approximate surface area is 112 Å². The first-order valence-corrected chi connectivity index (χ1v) is 7.59. The van der Waals surface area contributed by atoms with Crippen molar-refractivity contribution < 1.29 is 8.42 Å². The van der Waals surface area contributed by atoms with E-state index in [1.807, 2.05) is 18.2 Å². The molecule has 2 rings (SSSR count). The van der Waals surface area contributed by atoms with Crippen molar-refractivity contribution in [2.24, 2.45) is 0 Å². The van der Waals surface area contributed by atoms with Gasteiger partial charge in [-0.05, 0) is 23.8 Å². The summed E-state index contributed by atoms with van der Waals surface area (Å²) in [5.41, 5.74) is 0.903. The lowest BCUT2D eigenvalue weighted by molar-refractivity contribution is 0.593. The Balaban J connectivity index is 2.04. The van der Waals surface area contributed by atoms with E-state index in [9.17, 15) is 8.42 Å². The number of nitrogens with zero attached hydrogens (tertiary/aromatic N) is 2. The second kappa shape index (κ2) is 5.79. The highest BCUT2D eigenvalue weighted by molar-refractivity contribution is 7.91. The quantitative estimate of drug-likeness (QED) is 0.903. The molecule has 2 aromatic rings. The molecule has 5 nitrogen and oxygen atoms in total. The Morgan fingerprint density at radius 1 is 1.16 bits per heavy atom. The summed E-state index contributed by atoms with van der Waals surface area (Å²) in [7, 11) is -3.23. The van der Waals surface area contributed by atoms with Crippen molar-refractivity contribution in [3.05, 3.63) is 48.3 Å². The van der Waals surface area contributed by atoms with E-state index in [-0.39, 0.29) is 10.8 Å². The Hall–Kier alpha value is -1.95. The van der Waals surface area contributed by atoms with Gasteiger partial charge < -0.3 is 5.32 Å². The molecule has 0 aromatic carbocycles. The molecule has 2 aromatic heterocycles. The van der Waals surface area contributed by atoms with Gasteiger partial charge in [0.25, 0.3) is 0 Å². The zero-order valence-corrected chi connectivity index (χ0v) is 11.4. The van der Waals surface area contributed by atoms with Crippen LogP contribution in [0.2, 0.25) is 0 Å². The molecule has 0 spiro atoms. The summed E-state index contributed by atoms with van der Waals surface area (Å²) in [5.74, 6) is 0.832. The SMILES string of the molecule is CCS(=O)(=O)c1ccc(CNc2ccccn2)cn1. The lowest BCUT2D eigenvalue weighted by Gasteiger charge is -2.06. The topological polar surface area (TPSA) is 72.0 Å². The van der Waals surface area contributed by atoms with E-state index in [0.717, 1.165) is 11.4 Å². The molecule has 0 bridgehead atoms. The highest BCUT2D eigenvalue weighted by Crippen LogP contribution is 2.10. The number of nitrogens with one attached hydrogen (secondary N) is 1. The smallest absolute Gasteiger partial charge is 0.195 e. The van der Waals surface area contributed by atoms with Crippen LogP contribution in [-0.4, -0.2) is 24.1 Å². The predicted octanol–water partition coefficient (Wildman–Crippen LogP) is 1.88. The van der Waals surface area contributed by atoms with Crippen molar-refractivity contribution in [1.82, 2.24) is 9.97 Å². The molecular formula is C13H15N3O2S. The number of aromatic nitrogens is 2. The van der Waals surface area contributed by atoms with Crippen LogP contribution in [0, 0.1) is 0 Å². The molecule has 0 aliphatic carbocycles. The van der Waals surface area contributed by atoms with Gasteiger partial charge in [0.1, 0.15) is 5.82 Å². The summed E-state index contributed by atoms with van der Waals surface area (Å²) in [4.78, 5) is 8.12. The molecule has 19 heavy (non-hydrogen) atoms. The number of hydrogen-bond donors (Lipinski definition) is 1. The van der Waals surface area contributed by atoms with Crippen LogP contribution in [0.1, 0.15) is 12.5 Å². The van der Waals surface area contributed by atoms with Crippen molar-refractivity contribution in [1.29, 1.82) is 0 Å². The number of hydrogen-bond acceptors (Lipinski definition) is 5. The van der Waals surface area contributed by atoms with Crippen molar-refractivity contribution in [3.8, 4) is 0 Å². The molecule has 0 saturated heterocycles. The zero-order valence-electron chi connectivity index (χ0n) is 10.6. The third kappa shape index (κ3) is 3.51. The minimum Gasteiger partial charge on any atom is -0.366 e. The van der Waals surface area contributed by atoms with Crippen molar-refractivity contribution in [2.45, 2.75) is 18.5 Å². The van der Waals surface area contributed by atoms with Gasteiger partial charge in [0, 0.05) is 18.9 Å². The average molecular weight is 277 g/mol. The minimum atomic E-state index is -3.23. The van der Waals surface area contributed by atoms with Gasteiger partial charge in [-0.25, -0.2) is 18.4 Å². The molecule has 0 amide bonds. The van der Waals surface area contributed by atoms with E-state index < -0.39 is 9.84 Å². The summed E-state index contributed by atoms with van der Waals surface area (Å²) in [5, 5.41) is 3.25. The maximum atomic E-state index is 11.6. The maximum Gasteiger partial charge on any atom is 0.195 e. The lowest BCUT2D eigenvalue weighted by Crippen LogP contribution is -2.07. The highest BCUT2D eigenvalue weighted by atomic mass is 32.2.